The molecule has 1 aromatic carbocycles. The van der Waals surface area contributed by atoms with Crippen LogP contribution < -0.4 is 10.7 Å². The van der Waals surface area contributed by atoms with E-state index in [1.807, 2.05) is 0 Å². The van der Waals surface area contributed by atoms with E-state index in [9.17, 15) is 26.4 Å². The van der Waals surface area contributed by atoms with Crippen LogP contribution in [-0.2, 0) is 22.3 Å². The van der Waals surface area contributed by atoms with E-state index in [1.54, 1.807) is 18.2 Å². The van der Waals surface area contributed by atoms with Crippen LogP contribution in [0.4, 0.5) is 13.2 Å². The lowest BCUT2D eigenvalue weighted by atomic mass is 10.0. The highest BCUT2D eigenvalue weighted by molar-refractivity contribution is 7.88. The number of nitrogens with two attached hydrogens (primary N) is 1. The number of primary sulfonamides is 1. The summed E-state index contributed by atoms with van der Waals surface area (Å²) < 4.78 is 63.2. The number of hydrogen-bond acceptors (Lipinski definition) is 5. The highest BCUT2D eigenvalue weighted by atomic mass is 32.2. The molecule has 0 spiro atoms. The van der Waals surface area contributed by atoms with E-state index in [2.05, 4.69) is 15.2 Å². The Balaban J connectivity index is 2.01. The second-order valence-corrected chi connectivity index (χ2v) is 8.33. The number of nitrogens with one attached hydrogen (secondary N) is 1. The fourth-order valence-electron chi connectivity index (χ4n) is 3.37. The van der Waals surface area contributed by atoms with Gasteiger partial charge in [-0.3, -0.25) is 19.4 Å². The molecule has 0 amide bonds. The number of alkyl halides is 3. The molecule has 0 aliphatic heterocycles. The number of fused-ring (bicyclic) bond motifs is 3. The molecule has 3 heterocycles. The first-order valence-corrected chi connectivity index (χ1v) is 10.3. The quantitative estimate of drug-likeness (QED) is 0.507. The second kappa shape index (κ2) is 6.92. The molecule has 3 N–H and O–H groups in total. The number of benzene rings is 1. The highest BCUT2D eigenvalue weighted by Crippen LogP contribution is 2.29. The summed E-state index contributed by atoms with van der Waals surface area (Å²) in [6, 6.07) is 7.68. The molecule has 4 aromatic rings. The molecule has 156 valence electrons. The minimum atomic E-state index is -4.64. The topological polar surface area (TPSA) is 124 Å². The predicted molar refractivity (Wildman–Crippen MR) is 104 cm³/mol. The molecule has 3 aromatic heterocycles. The van der Waals surface area contributed by atoms with Crippen molar-refractivity contribution in [1.82, 2.24) is 19.7 Å². The summed E-state index contributed by atoms with van der Waals surface area (Å²) >= 11 is 0. The number of aromatic nitrogens is 4. The van der Waals surface area contributed by atoms with Gasteiger partial charge in [-0.2, -0.15) is 18.3 Å². The first kappa shape index (κ1) is 20.0. The van der Waals surface area contributed by atoms with Crippen LogP contribution in [0.2, 0.25) is 0 Å². The average molecular weight is 437 g/mol. The van der Waals surface area contributed by atoms with Gasteiger partial charge in [-0.05, 0) is 11.6 Å². The molecule has 0 unspecified atom stereocenters. The van der Waals surface area contributed by atoms with Crippen molar-refractivity contribution in [2.45, 2.75) is 18.5 Å². The van der Waals surface area contributed by atoms with Crippen LogP contribution in [0, 0.1) is 0 Å². The fourth-order valence-corrected chi connectivity index (χ4v) is 4.05. The van der Waals surface area contributed by atoms with Crippen LogP contribution in [0.15, 0.2) is 47.5 Å². The third kappa shape index (κ3) is 3.78. The van der Waals surface area contributed by atoms with Gasteiger partial charge in [0, 0.05) is 17.1 Å². The first-order chi connectivity index (χ1) is 14.0. The zero-order valence-electron chi connectivity index (χ0n) is 15.1. The third-order valence-corrected chi connectivity index (χ3v) is 5.26. The van der Waals surface area contributed by atoms with E-state index in [1.165, 1.54) is 24.5 Å². The SMILES string of the molecule is NS(=O)(=O)Cc1ccccc1-c1cc2c(cn1)c1[nH]ncc1c(=O)n2CC(F)(F)F. The van der Waals surface area contributed by atoms with E-state index < -0.39 is 34.1 Å². The summed E-state index contributed by atoms with van der Waals surface area (Å²) in [6.45, 7) is -1.49. The predicted octanol–water partition coefficient (Wildman–Crippen LogP) is 2.29. The number of H-pyrrole nitrogens is 1. The van der Waals surface area contributed by atoms with Gasteiger partial charge >= 0.3 is 6.18 Å². The Kier molecular flexibility index (Phi) is 4.62. The highest BCUT2D eigenvalue weighted by Gasteiger charge is 2.30. The summed E-state index contributed by atoms with van der Waals surface area (Å²) in [5.74, 6) is -0.474. The van der Waals surface area contributed by atoms with Crippen molar-refractivity contribution in [2.24, 2.45) is 5.14 Å². The third-order valence-electron chi connectivity index (χ3n) is 4.54. The van der Waals surface area contributed by atoms with Gasteiger partial charge in [-0.25, -0.2) is 13.6 Å². The molecule has 0 atom stereocenters. The lowest BCUT2D eigenvalue weighted by Gasteiger charge is -2.15. The van der Waals surface area contributed by atoms with Crippen molar-refractivity contribution in [1.29, 1.82) is 0 Å². The summed E-state index contributed by atoms with van der Waals surface area (Å²) in [5.41, 5.74) is 0.326. The maximum Gasteiger partial charge on any atom is 0.406 e. The number of nitrogens with zero attached hydrogens (tertiary/aromatic N) is 3. The second-order valence-electron chi connectivity index (χ2n) is 6.72. The van der Waals surface area contributed by atoms with E-state index in [4.69, 9.17) is 5.14 Å². The average Bonchev–Trinajstić information content (AvgIpc) is 3.13. The Morgan fingerprint density at radius 2 is 1.87 bits per heavy atom. The number of aromatic amines is 1. The lowest BCUT2D eigenvalue weighted by molar-refractivity contribution is -0.140. The van der Waals surface area contributed by atoms with Gasteiger partial charge in [-0.1, -0.05) is 24.3 Å². The summed E-state index contributed by atoms with van der Waals surface area (Å²) in [6.07, 6.45) is -2.15. The van der Waals surface area contributed by atoms with Crippen LogP contribution in [0.25, 0.3) is 33.1 Å². The molecule has 0 saturated heterocycles. The van der Waals surface area contributed by atoms with Gasteiger partial charge in [0.1, 0.15) is 6.54 Å². The van der Waals surface area contributed by atoms with Gasteiger partial charge in [-0.15, -0.1) is 0 Å². The van der Waals surface area contributed by atoms with Crippen molar-refractivity contribution in [2.75, 3.05) is 0 Å². The standard InChI is InChI=1S/C18H14F3N5O3S/c19-18(20,21)9-26-15-5-14(11-4-2-1-3-10(11)8-30(22,28)29)23-6-12(15)16-13(17(26)27)7-24-25-16/h1-7H,8-9H2,(H,24,25)(H2,22,28,29). The van der Waals surface area contributed by atoms with E-state index in [0.29, 0.717) is 15.7 Å². The Labute approximate surface area is 167 Å². The maximum atomic E-state index is 13.2. The number of hydrogen-bond donors (Lipinski definition) is 2. The van der Waals surface area contributed by atoms with Crippen molar-refractivity contribution in [3.05, 3.63) is 58.6 Å². The molecule has 8 nitrogen and oxygen atoms in total. The monoisotopic (exact) mass is 437 g/mol. The van der Waals surface area contributed by atoms with Crippen LogP contribution in [0.1, 0.15) is 5.56 Å². The Bertz CT molecular complexity index is 1440. The van der Waals surface area contributed by atoms with Gasteiger partial charge < -0.3 is 0 Å². The number of sulfonamides is 1. The number of pyridine rings is 2. The molecule has 4 rings (SSSR count). The molecule has 0 aliphatic carbocycles. The number of halogens is 3. The van der Waals surface area contributed by atoms with Crippen molar-refractivity contribution >= 4 is 31.8 Å². The van der Waals surface area contributed by atoms with Crippen LogP contribution >= 0.6 is 0 Å². The molecular formula is C18H14F3N5O3S. The van der Waals surface area contributed by atoms with Gasteiger partial charge in [0.25, 0.3) is 5.56 Å². The molecule has 0 bridgehead atoms. The molecule has 0 radical (unpaired) electrons. The molecule has 0 aliphatic rings. The number of rotatable bonds is 4. The van der Waals surface area contributed by atoms with Crippen molar-refractivity contribution in [3.8, 4) is 11.3 Å². The van der Waals surface area contributed by atoms with Gasteiger partial charge in [0.05, 0.1) is 34.1 Å². The van der Waals surface area contributed by atoms with E-state index >= 15 is 0 Å². The van der Waals surface area contributed by atoms with Crippen molar-refractivity contribution < 1.29 is 21.6 Å². The van der Waals surface area contributed by atoms with Crippen LogP contribution in [-0.4, -0.2) is 34.3 Å². The normalized spacial score (nSPS) is 12.7. The summed E-state index contributed by atoms with van der Waals surface area (Å²) in [7, 11) is -3.86. The van der Waals surface area contributed by atoms with Crippen LogP contribution in [0.3, 0.4) is 0 Å². The Morgan fingerprint density at radius 3 is 2.57 bits per heavy atom. The minimum absolute atomic E-state index is 0.00974. The summed E-state index contributed by atoms with van der Waals surface area (Å²) in [5, 5.41) is 11.8. The minimum Gasteiger partial charge on any atom is -0.298 e. The fraction of sp³-hybridized carbons (Fsp3) is 0.167. The summed E-state index contributed by atoms with van der Waals surface area (Å²) in [4.78, 5) is 17.0. The zero-order chi connectivity index (χ0) is 21.7. The smallest absolute Gasteiger partial charge is 0.298 e. The molecule has 12 heteroatoms. The lowest BCUT2D eigenvalue weighted by Crippen LogP contribution is -2.28. The largest absolute Gasteiger partial charge is 0.406 e. The molecule has 30 heavy (non-hydrogen) atoms. The van der Waals surface area contributed by atoms with E-state index in [-0.39, 0.29) is 27.5 Å². The van der Waals surface area contributed by atoms with Gasteiger partial charge in [0.2, 0.25) is 10.0 Å². The van der Waals surface area contributed by atoms with Gasteiger partial charge in [0.15, 0.2) is 0 Å². The van der Waals surface area contributed by atoms with E-state index in [0.717, 1.165) is 0 Å². The molecular weight excluding hydrogens is 423 g/mol. The Hall–Kier alpha value is -3.25. The van der Waals surface area contributed by atoms with Crippen molar-refractivity contribution in [3.63, 3.8) is 0 Å². The molecule has 0 fully saturated rings. The Morgan fingerprint density at radius 1 is 1.13 bits per heavy atom. The van der Waals surface area contributed by atoms with Crippen LogP contribution in [0.5, 0.6) is 0 Å². The maximum absolute atomic E-state index is 13.2. The first-order valence-electron chi connectivity index (χ1n) is 8.54. The zero-order valence-corrected chi connectivity index (χ0v) is 16.0. The molecule has 0 saturated carbocycles.